The minimum absolute atomic E-state index is 0.666. The summed E-state index contributed by atoms with van der Waals surface area (Å²) in [7, 11) is 0. The second kappa shape index (κ2) is 5.71. The number of fused-ring (bicyclic) bond motifs is 1. The van der Waals surface area contributed by atoms with Crippen molar-refractivity contribution in [2.75, 3.05) is 29.1 Å². The summed E-state index contributed by atoms with van der Waals surface area (Å²) in [5, 5.41) is 8.40. The number of pyridine rings is 1. The smallest absolute Gasteiger partial charge is 0.243 e. The highest BCUT2D eigenvalue weighted by Crippen LogP contribution is 2.24. The number of hydrogen-bond acceptors (Lipinski definition) is 5. The SMILES string of the molecule is Brc1cccn2nc(NCC3CSCCS3)nc12. The van der Waals surface area contributed by atoms with Gasteiger partial charge in [-0.2, -0.15) is 28.5 Å². The maximum absolute atomic E-state index is 4.47. The number of thioether (sulfide) groups is 2. The summed E-state index contributed by atoms with van der Waals surface area (Å²) in [6.45, 7) is 0.937. The molecule has 1 saturated heterocycles. The highest BCUT2D eigenvalue weighted by Gasteiger charge is 2.15. The van der Waals surface area contributed by atoms with E-state index in [2.05, 4.69) is 31.3 Å². The number of anilines is 1. The number of halogens is 1. The van der Waals surface area contributed by atoms with Crippen molar-refractivity contribution in [2.45, 2.75) is 5.25 Å². The van der Waals surface area contributed by atoms with Crippen LogP contribution in [0, 0.1) is 0 Å². The highest BCUT2D eigenvalue weighted by molar-refractivity contribution is 9.10. The first-order valence-corrected chi connectivity index (χ1v) is 8.77. The first kappa shape index (κ1) is 12.6. The molecule has 0 amide bonds. The van der Waals surface area contributed by atoms with E-state index in [0.29, 0.717) is 11.2 Å². The molecule has 0 bridgehead atoms. The van der Waals surface area contributed by atoms with Crippen LogP contribution in [0.4, 0.5) is 5.95 Å². The quantitative estimate of drug-likeness (QED) is 0.927. The lowest BCUT2D eigenvalue weighted by Crippen LogP contribution is -2.23. The Hall–Kier alpha value is -0.400. The topological polar surface area (TPSA) is 42.2 Å². The Morgan fingerprint density at radius 2 is 2.44 bits per heavy atom. The molecule has 0 aromatic carbocycles. The summed E-state index contributed by atoms with van der Waals surface area (Å²) in [6.07, 6.45) is 1.91. The molecule has 18 heavy (non-hydrogen) atoms. The zero-order valence-electron chi connectivity index (χ0n) is 9.67. The van der Waals surface area contributed by atoms with Crippen molar-refractivity contribution >= 4 is 51.0 Å². The molecule has 1 aliphatic heterocycles. The Morgan fingerprint density at radius 3 is 3.22 bits per heavy atom. The molecule has 7 heteroatoms. The summed E-state index contributed by atoms with van der Waals surface area (Å²) in [5.41, 5.74) is 0.852. The van der Waals surface area contributed by atoms with E-state index in [0.717, 1.165) is 16.7 Å². The van der Waals surface area contributed by atoms with Gasteiger partial charge in [0.1, 0.15) is 0 Å². The molecule has 4 nitrogen and oxygen atoms in total. The molecule has 1 fully saturated rings. The van der Waals surface area contributed by atoms with Crippen LogP contribution in [0.3, 0.4) is 0 Å². The molecule has 1 unspecified atom stereocenters. The Labute approximate surface area is 122 Å². The lowest BCUT2D eigenvalue weighted by molar-refractivity contribution is 0.933. The number of aromatic nitrogens is 3. The molecule has 2 aromatic heterocycles. The fourth-order valence-corrected chi connectivity index (χ4v) is 4.84. The van der Waals surface area contributed by atoms with Crippen molar-refractivity contribution in [3.05, 3.63) is 22.8 Å². The first-order chi connectivity index (χ1) is 8.83. The molecule has 0 radical (unpaired) electrons. The Kier molecular flexibility index (Phi) is 4.00. The molecule has 3 rings (SSSR count). The van der Waals surface area contributed by atoms with Crippen LogP contribution in [0.2, 0.25) is 0 Å². The summed E-state index contributed by atoms with van der Waals surface area (Å²) in [5.74, 6) is 4.45. The lowest BCUT2D eigenvalue weighted by atomic mass is 10.5. The van der Waals surface area contributed by atoms with Crippen molar-refractivity contribution in [3.8, 4) is 0 Å². The predicted octanol–water partition coefficient (Wildman–Crippen LogP) is 2.75. The van der Waals surface area contributed by atoms with Gasteiger partial charge in [0.25, 0.3) is 0 Å². The summed E-state index contributed by atoms with van der Waals surface area (Å²) >= 11 is 7.55. The van der Waals surface area contributed by atoms with Gasteiger partial charge in [0.2, 0.25) is 5.95 Å². The molecule has 0 spiro atoms. The van der Waals surface area contributed by atoms with Gasteiger partial charge in [0.05, 0.1) is 4.47 Å². The zero-order valence-corrected chi connectivity index (χ0v) is 12.9. The molecule has 1 atom stereocenters. The molecule has 1 N–H and O–H groups in total. The molecular formula is C11H13BrN4S2. The van der Waals surface area contributed by atoms with Gasteiger partial charge in [0.15, 0.2) is 5.65 Å². The minimum atomic E-state index is 0.666. The van der Waals surface area contributed by atoms with E-state index in [-0.39, 0.29) is 0 Å². The third-order valence-electron chi connectivity index (χ3n) is 2.69. The van der Waals surface area contributed by atoms with Crippen LogP contribution in [0.25, 0.3) is 5.65 Å². The normalized spacial score (nSPS) is 20.2. The van der Waals surface area contributed by atoms with Crippen LogP contribution in [-0.2, 0) is 0 Å². The Morgan fingerprint density at radius 1 is 1.50 bits per heavy atom. The average molecular weight is 345 g/mol. The predicted molar refractivity (Wildman–Crippen MR) is 82.7 cm³/mol. The Bertz CT molecular complexity index is 539. The van der Waals surface area contributed by atoms with Crippen molar-refractivity contribution < 1.29 is 0 Å². The van der Waals surface area contributed by atoms with Gasteiger partial charge < -0.3 is 5.32 Å². The molecule has 1 aliphatic rings. The van der Waals surface area contributed by atoms with Gasteiger partial charge in [-0.1, -0.05) is 0 Å². The van der Waals surface area contributed by atoms with Crippen molar-refractivity contribution in [3.63, 3.8) is 0 Å². The van der Waals surface area contributed by atoms with Crippen LogP contribution in [0.5, 0.6) is 0 Å². The highest BCUT2D eigenvalue weighted by atomic mass is 79.9. The van der Waals surface area contributed by atoms with Gasteiger partial charge in [-0.25, -0.2) is 4.52 Å². The summed E-state index contributed by atoms with van der Waals surface area (Å²) in [6, 6.07) is 3.92. The van der Waals surface area contributed by atoms with E-state index in [1.807, 2.05) is 41.9 Å². The van der Waals surface area contributed by atoms with Crippen LogP contribution < -0.4 is 5.32 Å². The third-order valence-corrected chi connectivity index (χ3v) is 6.15. The maximum atomic E-state index is 4.47. The van der Waals surface area contributed by atoms with E-state index in [1.165, 1.54) is 17.3 Å². The van der Waals surface area contributed by atoms with Gasteiger partial charge in [0, 0.05) is 35.3 Å². The van der Waals surface area contributed by atoms with Crippen LogP contribution in [-0.4, -0.2) is 43.7 Å². The minimum Gasteiger partial charge on any atom is -0.352 e. The van der Waals surface area contributed by atoms with Crippen LogP contribution in [0.1, 0.15) is 0 Å². The van der Waals surface area contributed by atoms with Gasteiger partial charge in [-0.3, -0.25) is 0 Å². The average Bonchev–Trinajstić information content (AvgIpc) is 2.82. The summed E-state index contributed by atoms with van der Waals surface area (Å²) < 4.78 is 2.75. The largest absolute Gasteiger partial charge is 0.352 e. The third kappa shape index (κ3) is 2.78. The van der Waals surface area contributed by atoms with Crippen molar-refractivity contribution in [1.82, 2.24) is 14.6 Å². The van der Waals surface area contributed by atoms with Crippen molar-refractivity contribution in [1.29, 1.82) is 0 Å². The lowest BCUT2D eigenvalue weighted by Gasteiger charge is -2.20. The number of hydrogen-bond donors (Lipinski definition) is 1. The molecule has 96 valence electrons. The monoisotopic (exact) mass is 344 g/mol. The number of nitrogens with one attached hydrogen (secondary N) is 1. The first-order valence-electron chi connectivity index (χ1n) is 5.77. The zero-order chi connectivity index (χ0) is 12.4. The molecular weight excluding hydrogens is 332 g/mol. The molecule has 0 saturated carbocycles. The van der Waals surface area contributed by atoms with Gasteiger partial charge in [-0.15, -0.1) is 5.10 Å². The fraction of sp³-hybridized carbons (Fsp3) is 0.455. The molecule has 0 aliphatic carbocycles. The van der Waals surface area contributed by atoms with Gasteiger partial charge >= 0.3 is 0 Å². The van der Waals surface area contributed by atoms with Crippen LogP contribution in [0.15, 0.2) is 22.8 Å². The van der Waals surface area contributed by atoms with Gasteiger partial charge in [-0.05, 0) is 28.1 Å². The standard InChI is InChI=1S/C11H13BrN4S2/c12-9-2-1-3-16-10(9)14-11(15-16)13-6-8-7-17-4-5-18-8/h1-3,8H,4-7H2,(H,13,15). The maximum Gasteiger partial charge on any atom is 0.243 e. The fourth-order valence-electron chi connectivity index (χ4n) is 1.81. The van der Waals surface area contributed by atoms with Crippen LogP contribution >= 0.6 is 39.5 Å². The summed E-state index contributed by atoms with van der Waals surface area (Å²) in [4.78, 5) is 4.47. The number of rotatable bonds is 3. The Balaban J connectivity index is 1.69. The second-order valence-electron chi connectivity index (χ2n) is 4.01. The molecule has 2 aromatic rings. The van der Waals surface area contributed by atoms with Crippen molar-refractivity contribution in [2.24, 2.45) is 0 Å². The second-order valence-corrected chi connectivity index (χ2v) is 7.42. The molecule has 3 heterocycles. The van der Waals surface area contributed by atoms with E-state index in [9.17, 15) is 0 Å². The van der Waals surface area contributed by atoms with E-state index in [1.54, 1.807) is 4.52 Å². The van der Waals surface area contributed by atoms with E-state index in [4.69, 9.17) is 0 Å². The number of nitrogens with zero attached hydrogens (tertiary/aromatic N) is 3. The van der Waals surface area contributed by atoms with E-state index >= 15 is 0 Å². The van der Waals surface area contributed by atoms with E-state index < -0.39 is 0 Å².